The quantitative estimate of drug-likeness (QED) is 0.332. The van der Waals surface area contributed by atoms with Gasteiger partial charge in [-0.05, 0) is 78.5 Å². The molecule has 23 heavy (non-hydrogen) atoms. The maximum absolute atomic E-state index is 4.61. The summed E-state index contributed by atoms with van der Waals surface area (Å²) in [6.45, 7) is 6.26. The Labute approximate surface area is 144 Å². The summed E-state index contributed by atoms with van der Waals surface area (Å²) in [4.78, 5) is 3.96. The van der Waals surface area contributed by atoms with Gasteiger partial charge >= 0.3 is 0 Å². The minimum atomic E-state index is 0.862. The Hall–Kier alpha value is -2.02. The predicted octanol–water partition coefficient (Wildman–Crippen LogP) is 6.59. The third-order valence-electron chi connectivity index (χ3n) is 3.98. The largest absolute Gasteiger partial charge is 0.200 e. The molecule has 2 aromatic carbocycles. The van der Waals surface area contributed by atoms with Gasteiger partial charge in [0.05, 0.1) is 5.16 Å². The number of thiocarbonyl (C=S) groups is 1. The molecular formula is C21H23NS. The molecule has 2 heteroatoms. The Balaban J connectivity index is 2.28. The van der Waals surface area contributed by atoms with E-state index in [-0.39, 0.29) is 0 Å². The molecule has 0 saturated carbocycles. The lowest BCUT2D eigenvalue weighted by molar-refractivity contribution is 0.796. The van der Waals surface area contributed by atoms with Gasteiger partial charge in [0.1, 0.15) is 0 Å². The topological polar surface area (TPSA) is 12.4 Å². The van der Waals surface area contributed by atoms with Gasteiger partial charge in [-0.25, -0.2) is 0 Å². The molecule has 0 aromatic heterocycles. The average Bonchev–Trinajstić information content (AvgIpc) is 2.57. The molecular weight excluding hydrogens is 298 g/mol. The zero-order chi connectivity index (χ0) is 16.7. The SMILES string of the molecule is CCCCc1ccc2cc(/C(C)=C/C=C(\C)N=C=S)ccc2c1. The molecule has 2 rings (SSSR count). The number of hydrogen-bond donors (Lipinski definition) is 0. The zero-order valence-corrected chi connectivity index (χ0v) is 14.9. The van der Waals surface area contributed by atoms with Crippen LogP contribution in [0.2, 0.25) is 0 Å². The smallest absolute Gasteiger partial charge is 0.0637 e. The van der Waals surface area contributed by atoms with Crippen molar-refractivity contribution in [3.05, 3.63) is 65.4 Å². The van der Waals surface area contributed by atoms with Crippen molar-refractivity contribution < 1.29 is 0 Å². The summed E-state index contributed by atoms with van der Waals surface area (Å²) in [7, 11) is 0. The van der Waals surface area contributed by atoms with Crippen LogP contribution in [0.15, 0.2) is 59.2 Å². The molecule has 0 unspecified atom stereocenters. The van der Waals surface area contributed by atoms with E-state index in [0.29, 0.717) is 0 Å². The monoisotopic (exact) mass is 321 g/mol. The van der Waals surface area contributed by atoms with Crippen LogP contribution in [0.4, 0.5) is 0 Å². The van der Waals surface area contributed by atoms with Crippen molar-refractivity contribution in [2.24, 2.45) is 4.99 Å². The fraction of sp³-hybridized carbons (Fsp3) is 0.286. The van der Waals surface area contributed by atoms with Gasteiger partial charge in [-0.2, -0.15) is 4.99 Å². The van der Waals surface area contributed by atoms with E-state index >= 15 is 0 Å². The highest BCUT2D eigenvalue weighted by molar-refractivity contribution is 7.78. The fourth-order valence-corrected chi connectivity index (χ4v) is 2.67. The molecule has 1 nitrogen and oxygen atoms in total. The first-order chi connectivity index (χ1) is 11.1. The molecule has 0 radical (unpaired) electrons. The summed E-state index contributed by atoms with van der Waals surface area (Å²) < 4.78 is 0. The number of unbranched alkanes of at least 4 members (excludes halogenated alkanes) is 1. The Bertz CT molecular complexity index is 793. The molecule has 0 fully saturated rings. The summed E-state index contributed by atoms with van der Waals surface area (Å²) >= 11 is 4.61. The number of aliphatic imine (C=N–C) groups is 1. The molecule has 0 N–H and O–H groups in total. The van der Waals surface area contributed by atoms with E-state index < -0.39 is 0 Å². The number of isothiocyanates is 1. The highest BCUT2D eigenvalue weighted by atomic mass is 32.1. The summed E-state index contributed by atoms with van der Waals surface area (Å²) in [6.07, 6.45) is 7.69. The van der Waals surface area contributed by atoms with Gasteiger partial charge in [-0.3, -0.25) is 0 Å². The maximum Gasteiger partial charge on any atom is 0.0637 e. The Morgan fingerprint density at radius 2 is 1.83 bits per heavy atom. The number of fused-ring (bicyclic) bond motifs is 1. The first-order valence-electron chi connectivity index (χ1n) is 8.10. The van der Waals surface area contributed by atoms with Crippen LogP contribution in [-0.4, -0.2) is 5.16 Å². The lowest BCUT2D eigenvalue weighted by Crippen LogP contribution is -1.86. The first-order valence-corrected chi connectivity index (χ1v) is 8.51. The Morgan fingerprint density at radius 3 is 2.57 bits per heavy atom. The highest BCUT2D eigenvalue weighted by Crippen LogP contribution is 2.23. The second-order valence-corrected chi connectivity index (χ2v) is 6.04. The lowest BCUT2D eigenvalue weighted by atomic mass is 9.99. The summed E-state index contributed by atoms with van der Waals surface area (Å²) in [5.74, 6) is 0. The molecule has 0 aliphatic rings. The fourth-order valence-electron chi connectivity index (χ4n) is 2.53. The molecule has 2 aromatic rings. The number of nitrogens with zero attached hydrogens (tertiary/aromatic N) is 1. The lowest BCUT2D eigenvalue weighted by Gasteiger charge is -2.06. The molecule has 0 heterocycles. The molecule has 118 valence electrons. The van der Waals surface area contributed by atoms with Crippen LogP contribution in [0.3, 0.4) is 0 Å². The van der Waals surface area contributed by atoms with Crippen LogP contribution in [0, 0.1) is 0 Å². The van der Waals surface area contributed by atoms with Crippen LogP contribution in [0.5, 0.6) is 0 Å². The summed E-state index contributed by atoms with van der Waals surface area (Å²) in [5.41, 5.74) is 4.73. The number of allylic oxidation sites excluding steroid dienone is 4. The first kappa shape index (κ1) is 17.3. The third kappa shape index (κ3) is 4.99. The van der Waals surface area contributed by atoms with Crippen LogP contribution in [0.25, 0.3) is 16.3 Å². The molecule has 0 aliphatic heterocycles. The molecule has 0 saturated heterocycles. The second kappa shape index (κ2) is 8.57. The normalized spacial score (nSPS) is 12.3. The van der Waals surface area contributed by atoms with Crippen molar-refractivity contribution in [2.45, 2.75) is 40.0 Å². The molecule has 0 spiro atoms. The Kier molecular flexibility index (Phi) is 6.46. The standard InChI is InChI=1S/C21H23NS/c1-4-5-6-18-9-10-21-14-19(11-12-20(21)13-18)16(2)7-8-17(3)22-15-23/h7-14H,4-6H2,1-3H3/b16-7+,17-8+. The van der Waals surface area contributed by atoms with Crippen molar-refractivity contribution >= 4 is 33.7 Å². The van der Waals surface area contributed by atoms with Gasteiger partial charge in [0.25, 0.3) is 0 Å². The van der Waals surface area contributed by atoms with Crippen molar-refractivity contribution in [3.63, 3.8) is 0 Å². The number of aryl methyl sites for hydroxylation is 1. The van der Waals surface area contributed by atoms with Gasteiger partial charge < -0.3 is 0 Å². The van der Waals surface area contributed by atoms with Crippen LogP contribution in [-0.2, 0) is 6.42 Å². The summed E-state index contributed by atoms with van der Waals surface area (Å²) in [5, 5.41) is 4.98. The summed E-state index contributed by atoms with van der Waals surface area (Å²) in [6, 6.07) is 13.4. The van der Waals surface area contributed by atoms with Gasteiger partial charge in [0.2, 0.25) is 0 Å². The van der Waals surface area contributed by atoms with Crippen molar-refractivity contribution in [1.29, 1.82) is 0 Å². The van der Waals surface area contributed by atoms with E-state index in [2.05, 4.69) is 78.7 Å². The van der Waals surface area contributed by atoms with Crippen molar-refractivity contribution in [3.8, 4) is 0 Å². The van der Waals surface area contributed by atoms with E-state index in [0.717, 1.165) is 12.1 Å². The van der Waals surface area contributed by atoms with E-state index in [4.69, 9.17) is 0 Å². The number of hydrogen-bond acceptors (Lipinski definition) is 2. The molecule has 0 atom stereocenters. The van der Waals surface area contributed by atoms with Crippen LogP contribution < -0.4 is 0 Å². The maximum atomic E-state index is 4.61. The number of rotatable bonds is 6. The van der Waals surface area contributed by atoms with Crippen molar-refractivity contribution in [2.75, 3.05) is 0 Å². The van der Waals surface area contributed by atoms with E-state index in [9.17, 15) is 0 Å². The van der Waals surface area contributed by atoms with Gasteiger partial charge in [0, 0.05) is 5.70 Å². The van der Waals surface area contributed by atoms with E-state index in [1.165, 1.54) is 40.3 Å². The second-order valence-electron chi connectivity index (χ2n) is 5.86. The van der Waals surface area contributed by atoms with Gasteiger partial charge in [0.15, 0.2) is 0 Å². The predicted molar refractivity (Wildman–Crippen MR) is 105 cm³/mol. The average molecular weight is 321 g/mol. The van der Waals surface area contributed by atoms with Gasteiger partial charge in [-0.1, -0.05) is 49.8 Å². The minimum Gasteiger partial charge on any atom is -0.200 e. The molecule has 0 amide bonds. The zero-order valence-electron chi connectivity index (χ0n) is 14.1. The van der Waals surface area contributed by atoms with Gasteiger partial charge in [-0.15, -0.1) is 0 Å². The third-order valence-corrected chi connectivity index (χ3v) is 4.07. The van der Waals surface area contributed by atoms with E-state index in [1.807, 2.05) is 13.0 Å². The Morgan fingerprint density at radius 1 is 1.09 bits per heavy atom. The van der Waals surface area contributed by atoms with Crippen molar-refractivity contribution in [1.82, 2.24) is 0 Å². The number of benzene rings is 2. The minimum absolute atomic E-state index is 0.862. The molecule has 0 aliphatic carbocycles. The van der Waals surface area contributed by atoms with Crippen LogP contribution >= 0.6 is 12.2 Å². The molecule has 0 bridgehead atoms. The highest BCUT2D eigenvalue weighted by Gasteiger charge is 2.00. The van der Waals surface area contributed by atoms with E-state index in [1.54, 1.807) is 0 Å². The van der Waals surface area contributed by atoms with Crippen LogP contribution in [0.1, 0.15) is 44.7 Å².